The molecule has 0 aliphatic carbocycles. The van der Waals surface area contributed by atoms with E-state index in [0.29, 0.717) is 12.2 Å². The third-order valence-corrected chi connectivity index (χ3v) is 2.91. The molecule has 0 aliphatic rings. The van der Waals surface area contributed by atoms with Crippen molar-refractivity contribution >= 4 is 11.7 Å². The van der Waals surface area contributed by atoms with Crippen molar-refractivity contribution in [2.24, 2.45) is 0 Å². The van der Waals surface area contributed by atoms with Gasteiger partial charge < -0.3 is 20.6 Å². The first-order valence-electron chi connectivity index (χ1n) is 6.14. The third kappa shape index (κ3) is 3.41. The molecule has 0 unspecified atom stereocenters. The van der Waals surface area contributed by atoms with Crippen LogP contribution in [-0.2, 0) is 6.42 Å². The van der Waals surface area contributed by atoms with Crippen LogP contribution in [0.4, 0.5) is 5.69 Å². The lowest BCUT2D eigenvalue weighted by Crippen LogP contribution is -2.06. The average molecular weight is 273 g/mol. The summed E-state index contributed by atoms with van der Waals surface area (Å²) in [4.78, 5) is 10.9. The number of aromatic carboxylic acids is 1. The highest BCUT2D eigenvalue weighted by Crippen LogP contribution is 2.21. The first-order valence-corrected chi connectivity index (χ1v) is 6.14. The Morgan fingerprint density at radius 3 is 2.40 bits per heavy atom. The van der Waals surface area contributed by atoms with Crippen LogP contribution in [-0.4, -0.2) is 27.8 Å². The zero-order valence-electron chi connectivity index (χ0n) is 10.7. The quantitative estimate of drug-likeness (QED) is 0.628. The molecule has 0 radical (unpaired) electrons. The van der Waals surface area contributed by atoms with Gasteiger partial charge in [0, 0.05) is 12.2 Å². The maximum Gasteiger partial charge on any atom is 0.339 e. The SMILES string of the molecule is O=C(O)c1cc(NCCc2ccc(O)cc2)ccc1O. The van der Waals surface area contributed by atoms with Crippen LogP contribution in [0.1, 0.15) is 15.9 Å². The monoisotopic (exact) mass is 273 g/mol. The Balaban J connectivity index is 1.96. The summed E-state index contributed by atoms with van der Waals surface area (Å²) in [6.07, 6.45) is 0.740. The fourth-order valence-corrected chi connectivity index (χ4v) is 1.83. The number of carboxylic acid groups (broad SMARTS) is 1. The molecular weight excluding hydrogens is 258 g/mol. The van der Waals surface area contributed by atoms with Gasteiger partial charge in [0.15, 0.2) is 0 Å². The van der Waals surface area contributed by atoms with Crippen LogP contribution in [0.15, 0.2) is 42.5 Å². The number of hydrogen-bond donors (Lipinski definition) is 4. The number of anilines is 1. The van der Waals surface area contributed by atoms with Crippen LogP contribution in [0.25, 0.3) is 0 Å². The second-order valence-electron chi connectivity index (χ2n) is 4.38. The lowest BCUT2D eigenvalue weighted by Gasteiger charge is -2.08. The fraction of sp³-hybridized carbons (Fsp3) is 0.133. The van der Waals surface area contributed by atoms with Crippen molar-refractivity contribution in [2.45, 2.75) is 6.42 Å². The molecule has 5 heteroatoms. The van der Waals surface area contributed by atoms with Crippen LogP contribution in [0.2, 0.25) is 0 Å². The van der Waals surface area contributed by atoms with E-state index in [2.05, 4.69) is 5.32 Å². The number of carboxylic acids is 1. The maximum absolute atomic E-state index is 10.9. The molecular formula is C15H15NO4. The standard InChI is InChI=1S/C15H15NO4/c17-12-4-1-10(2-5-12)7-8-16-11-3-6-14(18)13(9-11)15(19)20/h1-6,9,16-18H,7-8H2,(H,19,20). The molecule has 0 bridgehead atoms. The second-order valence-corrected chi connectivity index (χ2v) is 4.38. The Morgan fingerprint density at radius 2 is 1.75 bits per heavy atom. The number of aromatic hydroxyl groups is 2. The minimum Gasteiger partial charge on any atom is -0.508 e. The molecule has 20 heavy (non-hydrogen) atoms. The summed E-state index contributed by atoms with van der Waals surface area (Å²) in [7, 11) is 0. The topological polar surface area (TPSA) is 89.8 Å². The van der Waals surface area contributed by atoms with Crippen molar-refractivity contribution in [1.29, 1.82) is 0 Å². The van der Waals surface area contributed by atoms with E-state index in [1.165, 1.54) is 12.1 Å². The van der Waals surface area contributed by atoms with E-state index in [1.54, 1.807) is 18.2 Å². The van der Waals surface area contributed by atoms with Crippen molar-refractivity contribution in [3.63, 3.8) is 0 Å². The molecule has 0 fully saturated rings. The molecule has 0 spiro atoms. The number of phenols is 2. The summed E-state index contributed by atoms with van der Waals surface area (Å²) in [6, 6.07) is 11.3. The molecule has 2 rings (SSSR count). The average Bonchev–Trinajstić information content (AvgIpc) is 2.42. The molecule has 5 nitrogen and oxygen atoms in total. The van der Waals surface area contributed by atoms with Crippen molar-refractivity contribution in [1.82, 2.24) is 0 Å². The van der Waals surface area contributed by atoms with Crippen molar-refractivity contribution in [2.75, 3.05) is 11.9 Å². The summed E-state index contributed by atoms with van der Waals surface area (Å²) in [5.41, 5.74) is 1.58. The Bertz CT molecular complexity index is 608. The first-order chi connectivity index (χ1) is 9.56. The fourth-order valence-electron chi connectivity index (χ4n) is 1.83. The molecule has 0 aliphatic heterocycles. The number of nitrogens with one attached hydrogen (secondary N) is 1. The molecule has 2 aromatic carbocycles. The normalized spacial score (nSPS) is 10.2. The van der Waals surface area contributed by atoms with Crippen LogP contribution in [0.5, 0.6) is 11.5 Å². The van der Waals surface area contributed by atoms with Gasteiger partial charge in [0.1, 0.15) is 17.1 Å². The van der Waals surface area contributed by atoms with Crippen LogP contribution >= 0.6 is 0 Å². The van der Waals surface area contributed by atoms with E-state index in [0.717, 1.165) is 12.0 Å². The van der Waals surface area contributed by atoms with Crippen LogP contribution in [0, 0.1) is 0 Å². The third-order valence-electron chi connectivity index (χ3n) is 2.91. The summed E-state index contributed by atoms with van der Waals surface area (Å²) < 4.78 is 0. The minimum atomic E-state index is -1.16. The zero-order valence-corrected chi connectivity index (χ0v) is 10.7. The van der Waals surface area contributed by atoms with E-state index >= 15 is 0 Å². The van der Waals surface area contributed by atoms with Gasteiger partial charge in [-0.25, -0.2) is 4.79 Å². The Morgan fingerprint density at radius 1 is 1.05 bits per heavy atom. The van der Waals surface area contributed by atoms with Crippen LogP contribution < -0.4 is 5.32 Å². The summed E-state index contributed by atoms with van der Waals surface area (Å²) in [6.45, 7) is 0.620. The Kier molecular flexibility index (Phi) is 4.10. The molecule has 0 atom stereocenters. The van der Waals surface area contributed by atoms with Gasteiger partial charge in [-0.15, -0.1) is 0 Å². The van der Waals surface area contributed by atoms with Gasteiger partial charge in [-0.2, -0.15) is 0 Å². The highest BCUT2D eigenvalue weighted by molar-refractivity contribution is 5.91. The molecule has 0 amide bonds. The number of phenolic OH excluding ortho intramolecular Hbond substituents is 1. The van der Waals surface area contributed by atoms with Crippen LogP contribution in [0.3, 0.4) is 0 Å². The highest BCUT2D eigenvalue weighted by Gasteiger charge is 2.09. The highest BCUT2D eigenvalue weighted by atomic mass is 16.4. The van der Waals surface area contributed by atoms with Gasteiger partial charge in [0.25, 0.3) is 0 Å². The lowest BCUT2D eigenvalue weighted by atomic mass is 10.1. The van der Waals surface area contributed by atoms with Gasteiger partial charge in [-0.1, -0.05) is 12.1 Å². The van der Waals surface area contributed by atoms with E-state index in [4.69, 9.17) is 5.11 Å². The van der Waals surface area contributed by atoms with Gasteiger partial charge in [0.05, 0.1) is 0 Å². The van der Waals surface area contributed by atoms with E-state index in [1.807, 2.05) is 12.1 Å². The molecule has 0 heterocycles. The minimum absolute atomic E-state index is 0.125. The number of benzene rings is 2. The largest absolute Gasteiger partial charge is 0.508 e. The second kappa shape index (κ2) is 5.97. The molecule has 104 valence electrons. The van der Waals surface area contributed by atoms with Gasteiger partial charge in [0.2, 0.25) is 0 Å². The molecule has 4 N–H and O–H groups in total. The van der Waals surface area contributed by atoms with Crippen molar-refractivity contribution in [3.8, 4) is 11.5 Å². The zero-order chi connectivity index (χ0) is 14.5. The number of rotatable bonds is 5. The molecule has 0 aromatic heterocycles. The Hall–Kier alpha value is -2.69. The summed E-state index contributed by atoms with van der Waals surface area (Å²) >= 11 is 0. The smallest absolute Gasteiger partial charge is 0.339 e. The van der Waals surface area contributed by atoms with E-state index in [9.17, 15) is 15.0 Å². The number of carbonyl (C=O) groups is 1. The lowest BCUT2D eigenvalue weighted by molar-refractivity contribution is 0.0694. The first kappa shape index (κ1) is 13.7. The predicted octanol–water partition coefficient (Wildman–Crippen LogP) is 2.45. The van der Waals surface area contributed by atoms with E-state index in [-0.39, 0.29) is 17.1 Å². The summed E-state index contributed by atoms with van der Waals surface area (Å²) in [5, 5.41) is 30.6. The summed E-state index contributed by atoms with van der Waals surface area (Å²) in [5.74, 6) is -1.18. The predicted molar refractivity (Wildman–Crippen MR) is 75.4 cm³/mol. The van der Waals surface area contributed by atoms with E-state index < -0.39 is 5.97 Å². The number of hydrogen-bond acceptors (Lipinski definition) is 4. The molecule has 2 aromatic rings. The van der Waals surface area contributed by atoms with Gasteiger partial charge >= 0.3 is 5.97 Å². The van der Waals surface area contributed by atoms with Gasteiger partial charge in [-0.3, -0.25) is 0 Å². The maximum atomic E-state index is 10.9. The Labute approximate surface area is 116 Å². The van der Waals surface area contributed by atoms with Crippen molar-refractivity contribution < 1.29 is 20.1 Å². The van der Waals surface area contributed by atoms with Gasteiger partial charge in [-0.05, 0) is 42.3 Å². The molecule has 0 saturated heterocycles. The van der Waals surface area contributed by atoms with Crippen molar-refractivity contribution in [3.05, 3.63) is 53.6 Å². The molecule has 0 saturated carbocycles.